The lowest BCUT2D eigenvalue weighted by Gasteiger charge is -2.09. The van der Waals surface area contributed by atoms with Crippen molar-refractivity contribution >= 4 is 29.0 Å². The van der Waals surface area contributed by atoms with Gasteiger partial charge in [-0.05, 0) is 36.6 Å². The van der Waals surface area contributed by atoms with Gasteiger partial charge in [-0.1, -0.05) is 18.2 Å². The number of benzene rings is 2. The van der Waals surface area contributed by atoms with E-state index in [9.17, 15) is 19.7 Å². The number of hydrogen-bond acceptors (Lipinski definition) is 4. The van der Waals surface area contributed by atoms with Gasteiger partial charge in [-0.25, -0.2) is 4.79 Å². The molecule has 3 amide bonds. The third-order valence-corrected chi connectivity index (χ3v) is 3.91. The highest BCUT2D eigenvalue weighted by Crippen LogP contribution is 2.30. The maximum atomic E-state index is 12.0. The van der Waals surface area contributed by atoms with Crippen LogP contribution in [0.2, 0.25) is 0 Å². The molecule has 0 heterocycles. The van der Waals surface area contributed by atoms with Crippen LogP contribution in [0.5, 0.6) is 0 Å². The predicted octanol–water partition coefficient (Wildman–Crippen LogP) is 3.27. The summed E-state index contributed by atoms with van der Waals surface area (Å²) in [5.41, 5.74) is 1.76. The number of urea groups is 1. The maximum absolute atomic E-state index is 12.0. The van der Waals surface area contributed by atoms with Gasteiger partial charge in [0.2, 0.25) is 5.91 Å². The number of non-ortho nitro benzene ring substituents is 1. The number of anilines is 2. The van der Waals surface area contributed by atoms with E-state index in [-0.39, 0.29) is 24.1 Å². The Bertz CT molecular complexity index is 849. The third kappa shape index (κ3) is 4.79. The first-order valence-electron chi connectivity index (χ1n) is 8.20. The molecule has 2 aromatic carbocycles. The summed E-state index contributed by atoms with van der Waals surface area (Å²) in [4.78, 5) is 34.0. The molecule has 0 atom stereocenters. The summed E-state index contributed by atoms with van der Waals surface area (Å²) >= 11 is 0. The molecule has 0 aliphatic heterocycles. The summed E-state index contributed by atoms with van der Waals surface area (Å²) in [6.45, 7) is 0.258. The number of carbonyl (C=O) groups excluding carboxylic acids is 2. The minimum Gasteiger partial charge on any atom is -0.334 e. The van der Waals surface area contributed by atoms with Crippen molar-refractivity contribution < 1.29 is 14.5 Å². The van der Waals surface area contributed by atoms with E-state index in [0.29, 0.717) is 11.4 Å². The van der Waals surface area contributed by atoms with Crippen molar-refractivity contribution in [3.8, 4) is 0 Å². The topological polar surface area (TPSA) is 113 Å². The van der Waals surface area contributed by atoms with E-state index in [2.05, 4.69) is 16.0 Å². The van der Waals surface area contributed by atoms with Crippen LogP contribution in [0.3, 0.4) is 0 Å². The number of hydrogen-bond donors (Lipinski definition) is 3. The molecule has 8 heteroatoms. The first-order chi connectivity index (χ1) is 12.5. The Balaban J connectivity index is 1.53. The number of nitrogens with one attached hydrogen (secondary N) is 3. The van der Waals surface area contributed by atoms with Crippen molar-refractivity contribution in [2.24, 2.45) is 5.92 Å². The monoisotopic (exact) mass is 354 g/mol. The summed E-state index contributed by atoms with van der Waals surface area (Å²) in [5.74, 6) is 0.149. The Hall–Kier alpha value is -3.42. The average molecular weight is 354 g/mol. The Labute approximate surface area is 149 Å². The molecule has 0 spiro atoms. The number of nitro benzene ring substituents is 1. The van der Waals surface area contributed by atoms with E-state index in [1.165, 1.54) is 18.2 Å². The molecule has 26 heavy (non-hydrogen) atoms. The largest absolute Gasteiger partial charge is 0.334 e. The fourth-order valence-corrected chi connectivity index (χ4v) is 2.40. The van der Waals surface area contributed by atoms with Crippen LogP contribution in [0.25, 0.3) is 0 Å². The average Bonchev–Trinajstić information content (AvgIpc) is 3.46. The van der Waals surface area contributed by atoms with Crippen molar-refractivity contribution in [3.05, 3.63) is 64.2 Å². The normalized spacial score (nSPS) is 12.9. The van der Waals surface area contributed by atoms with Crippen LogP contribution in [0.1, 0.15) is 18.4 Å². The molecule has 3 N–H and O–H groups in total. The molecule has 0 unspecified atom stereocenters. The van der Waals surface area contributed by atoms with Gasteiger partial charge in [0.15, 0.2) is 0 Å². The van der Waals surface area contributed by atoms with Gasteiger partial charge in [0.05, 0.1) is 4.92 Å². The molecule has 0 radical (unpaired) electrons. The second-order valence-corrected chi connectivity index (χ2v) is 6.08. The molecule has 0 aromatic heterocycles. The van der Waals surface area contributed by atoms with E-state index >= 15 is 0 Å². The van der Waals surface area contributed by atoms with E-state index < -0.39 is 11.0 Å². The molecule has 8 nitrogen and oxygen atoms in total. The van der Waals surface area contributed by atoms with E-state index in [4.69, 9.17) is 0 Å². The maximum Gasteiger partial charge on any atom is 0.319 e. The summed E-state index contributed by atoms with van der Waals surface area (Å²) in [5, 5.41) is 18.8. The zero-order valence-electron chi connectivity index (χ0n) is 13.9. The van der Waals surface area contributed by atoms with Gasteiger partial charge in [0.25, 0.3) is 5.69 Å². The first kappa shape index (κ1) is 17.4. The Morgan fingerprint density at radius 2 is 1.73 bits per heavy atom. The standard InChI is InChI=1S/C18H18N4O4/c23-17(13-7-8-13)20-14-4-1-3-12(9-14)11-19-18(24)21-15-5-2-6-16(10-15)22(25)26/h1-6,9-10,13H,7-8,11H2,(H,20,23)(H2,19,21,24). The van der Waals surface area contributed by atoms with Crippen molar-refractivity contribution in [3.63, 3.8) is 0 Å². The lowest BCUT2D eigenvalue weighted by molar-refractivity contribution is -0.384. The Kier molecular flexibility index (Phi) is 5.12. The van der Waals surface area contributed by atoms with Gasteiger partial charge in [0.1, 0.15) is 0 Å². The highest BCUT2D eigenvalue weighted by Gasteiger charge is 2.29. The second kappa shape index (κ2) is 7.64. The van der Waals surface area contributed by atoms with Gasteiger partial charge in [0, 0.05) is 36.0 Å². The van der Waals surface area contributed by atoms with Crippen LogP contribution in [-0.2, 0) is 11.3 Å². The fraction of sp³-hybridized carbons (Fsp3) is 0.222. The van der Waals surface area contributed by atoms with Gasteiger partial charge in [-0.2, -0.15) is 0 Å². The molecule has 0 bridgehead atoms. The highest BCUT2D eigenvalue weighted by atomic mass is 16.6. The van der Waals surface area contributed by atoms with E-state index in [0.717, 1.165) is 18.4 Å². The molecular formula is C18H18N4O4. The molecule has 2 aromatic rings. The highest BCUT2D eigenvalue weighted by molar-refractivity contribution is 5.94. The van der Waals surface area contributed by atoms with Crippen LogP contribution < -0.4 is 16.0 Å². The molecular weight excluding hydrogens is 336 g/mol. The second-order valence-electron chi connectivity index (χ2n) is 6.08. The van der Waals surface area contributed by atoms with Crippen LogP contribution in [0.4, 0.5) is 21.9 Å². The van der Waals surface area contributed by atoms with Gasteiger partial charge < -0.3 is 16.0 Å². The first-order valence-corrected chi connectivity index (χ1v) is 8.20. The zero-order valence-corrected chi connectivity index (χ0v) is 13.9. The molecule has 1 aliphatic carbocycles. The van der Waals surface area contributed by atoms with Gasteiger partial charge in [-0.15, -0.1) is 0 Å². The zero-order chi connectivity index (χ0) is 18.5. The lowest BCUT2D eigenvalue weighted by Crippen LogP contribution is -2.28. The number of nitrogens with zero attached hydrogens (tertiary/aromatic N) is 1. The smallest absolute Gasteiger partial charge is 0.319 e. The van der Waals surface area contributed by atoms with Crippen molar-refractivity contribution in [1.29, 1.82) is 0 Å². The summed E-state index contributed by atoms with van der Waals surface area (Å²) < 4.78 is 0. The van der Waals surface area contributed by atoms with Crippen molar-refractivity contribution in [2.75, 3.05) is 10.6 Å². The molecule has 3 rings (SSSR count). The van der Waals surface area contributed by atoms with Crippen LogP contribution in [0.15, 0.2) is 48.5 Å². The SMILES string of the molecule is O=C(NCc1cccc(NC(=O)C2CC2)c1)Nc1cccc([N+](=O)[O-])c1. The molecule has 134 valence electrons. The predicted molar refractivity (Wildman–Crippen MR) is 96.8 cm³/mol. The minimum atomic E-state index is -0.523. The van der Waals surface area contributed by atoms with Crippen LogP contribution in [0, 0.1) is 16.0 Å². The molecule has 1 aliphatic rings. The van der Waals surface area contributed by atoms with E-state index in [1.807, 2.05) is 6.07 Å². The summed E-state index contributed by atoms with van der Waals surface area (Å²) in [7, 11) is 0. The minimum absolute atomic E-state index is 0.0264. The molecule has 1 fully saturated rings. The number of amides is 3. The van der Waals surface area contributed by atoms with Crippen molar-refractivity contribution in [2.45, 2.75) is 19.4 Å². The molecule has 1 saturated carbocycles. The van der Waals surface area contributed by atoms with Gasteiger partial charge in [-0.3, -0.25) is 14.9 Å². The quantitative estimate of drug-likeness (QED) is 0.546. The third-order valence-electron chi connectivity index (χ3n) is 3.91. The Morgan fingerprint density at radius 3 is 2.42 bits per heavy atom. The summed E-state index contributed by atoms with van der Waals surface area (Å²) in [6, 6.07) is 12.5. The summed E-state index contributed by atoms with van der Waals surface area (Å²) in [6.07, 6.45) is 1.87. The lowest BCUT2D eigenvalue weighted by atomic mass is 10.2. The fourth-order valence-electron chi connectivity index (χ4n) is 2.40. The van der Waals surface area contributed by atoms with Gasteiger partial charge >= 0.3 is 6.03 Å². The van der Waals surface area contributed by atoms with Crippen molar-refractivity contribution in [1.82, 2.24) is 5.32 Å². The number of nitro groups is 1. The number of rotatable bonds is 6. The number of carbonyl (C=O) groups is 2. The van der Waals surface area contributed by atoms with Crippen LogP contribution in [-0.4, -0.2) is 16.9 Å². The molecule has 0 saturated heterocycles. The van der Waals surface area contributed by atoms with E-state index in [1.54, 1.807) is 24.3 Å². The Morgan fingerprint density at radius 1 is 1.04 bits per heavy atom. The van der Waals surface area contributed by atoms with Crippen LogP contribution >= 0.6 is 0 Å².